The lowest BCUT2D eigenvalue weighted by Gasteiger charge is -2.11. The van der Waals surface area contributed by atoms with Crippen molar-refractivity contribution in [3.8, 4) is 0 Å². The summed E-state index contributed by atoms with van der Waals surface area (Å²) in [7, 11) is 0. The maximum Gasteiger partial charge on any atom is 0.228 e. The molecule has 0 fully saturated rings. The molecule has 0 spiro atoms. The Hall–Kier alpha value is -0.870. The number of hydrogen-bond donors (Lipinski definition) is 3. The molecular weight excluding hydrogens is 156 g/mol. The minimum atomic E-state index is -0.789. The van der Waals surface area contributed by atoms with E-state index in [2.05, 4.69) is 5.32 Å². The second-order valence-electron chi connectivity index (χ2n) is 3.08. The smallest absolute Gasteiger partial charge is 0.228 e. The van der Waals surface area contributed by atoms with E-state index in [1.807, 2.05) is 6.08 Å². The van der Waals surface area contributed by atoms with E-state index in [0.29, 0.717) is 6.42 Å². The van der Waals surface area contributed by atoms with E-state index < -0.39 is 6.23 Å². The van der Waals surface area contributed by atoms with Crippen molar-refractivity contribution in [3.05, 3.63) is 12.2 Å². The third kappa shape index (κ3) is 2.32. The molecular formula is C8H14N2O2. The van der Waals surface area contributed by atoms with Gasteiger partial charge in [0.2, 0.25) is 5.91 Å². The maximum absolute atomic E-state index is 11.2. The van der Waals surface area contributed by atoms with Gasteiger partial charge in [-0.05, 0) is 13.3 Å². The van der Waals surface area contributed by atoms with Gasteiger partial charge in [-0.15, -0.1) is 0 Å². The molecule has 4 nitrogen and oxygen atoms in total. The first-order valence-corrected chi connectivity index (χ1v) is 4.02. The predicted molar refractivity (Wildman–Crippen MR) is 45.0 cm³/mol. The standard InChI is InChI=1S/C8H14N2O2/c1-5(11)10-8(12)6-2-3-7(9)4-6/h2-3,5-7,11H,4,9H2,1H3,(H,10,12). The highest BCUT2D eigenvalue weighted by Gasteiger charge is 2.22. The van der Waals surface area contributed by atoms with Gasteiger partial charge in [0.15, 0.2) is 0 Å². The van der Waals surface area contributed by atoms with Gasteiger partial charge < -0.3 is 16.2 Å². The first-order chi connectivity index (χ1) is 5.59. The molecule has 1 amide bonds. The van der Waals surface area contributed by atoms with Gasteiger partial charge in [0.05, 0.1) is 5.92 Å². The Labute approximate surface area is 71.4 Å². The lowest BCUT2D eigenvalue weighted by atomic mass is 10.1. The number of amides is 1. The van der Waals surface area contributed by atoms with Crippen LogP contribution in [0.1, 0.15) is 13.3 Å². The quantitative estimate of drug-likeness (QED) is 0.380. The van der Waals surface area contributed by atoms with Crippen LogP contribution in [0.25, 0.3) is 0 Å². The van der Waals surface area contributed by atoms with Gasteiger partial charge in [-0.3, -0.25) is 4.79 Å². The molecule has 0 heterocycles. The van der Waals surface area contributed by atoms with Gasteiger partial charge in [-0.25, -0.2) is 0 Å². The molecule has 4 heteroatoms. The number of carbonyl (C=O) groups excluding carboxylic acids is 1. The summed E-state index contributed by atoms with van der Waals surface area (Å²) in [5.74, 6) is -0.330. The van der Waals surface area contributed by atoms with Crippen LogP contribution in [0, 0.1) is 5.92 Å². The molecule has 0 aliphatic heterocycles. The molecule has 0 aromatic carbocycles. The zero-order valence-electron chi connectivity index (χ0n) is 7.03. The number of carbonyl (C=O) groups is 1. The van der Waals surface area contributed by atoms with Gasteiger partial charge in [-0.2, -0.15) is 0 Å². The third-order valence-electron chi connectivity index (χ3n) is 1.80. The predicted octanol–water partition coefficient (Wildman–Crippen LogP) is -0.656. The summed E-state index contributed by atoms with van der Waals surface area (Å²) in [6, 6.07) is -0.0188. The van der Waals surface area contributed by atoms with Crippen LogP contribution in [0.3, 0.4) is 0 Å². The summed E-state index contributed by atoms with van der Waals surface area (Å²) < 4.78 is 0. The molecule has 0 bridgehead atoms. The average Bonchev–Trinajstić information content (AvgIpc) is 2.34. The van der Waals surface area contributed by atoms with Crippen LogP contribution in [-0.2, 0) is 4.79 Å². The molecule has 68 valence electrons. The summed E-state index contributed by atoms with van der Waals surface area (Å²) in [4.78, 5) is 11.2. The molecule has 1 aliphatic rings. The zero-order chi connectivity index (χ0) is 9.14. The summed E-state index contributed by atoms with van der Waals surface area (Å²) in [6.45, 7) is 1.51. The highest BCUT2D eigenvalue weighted by atomic mass is 16.3. The largest absolute Gasteiger partial charge is 0.374 e. The van der Waals surface area contributed by atoms with Crippen molar-refractivity contribution in [1.82, 2.24) is 5.32 Å². The van der Waals surface area contributed by atoms with Gasteiger partial charge in [-0.1, -0.05) is 12.2 Å². The van der Waals surface area contributed by atoms with Crippen molar-refractivity contribution in [1.29, 1.82) is 0 Å². The fourth-order valence-electron chi connectivity index (χ4n) is 1.23. The van der Waals surface area contributed by atoms with Crippen LogP contribution >= 0.6 is 0 Å². The molecule has 0 aromatic rings. The Morgan fingerprint density at radius 1 is 1.75 bits per heavy atom. The molecule has 0 saturated carbocycles. The van der Waals surface area contributed by atoms with Gasteiger partial charge in [0.25, 0.3) is 0 Å². The van der Waals surface area contributed by atoms with E-state index in [9.17, 15) is 4.79 Å². The third-order valence-corrected chi connectivity index (χ3v) is 1.80. The van der Waals surface area contributed by atoms with Crippen LogP contribution in [0.5, 0.6) is 0 Å². The van der Waals surface area contributed by atoms with Crippen LogP contribution in [0.4, 0.5) is 0 Å². The van der Waals surface area contributed by atoms with Crippen LogP contribution in [0.15, 0.2) is 12.2 Å². The van der Waals surface area contributed by atoms with E-state index in [-0.39, 0.29) is 17.9 Å². The van der Waals surface area contributed by atoms with Crippen LogP contribution in [-0.4, -0.2) is 23.3 Å². The fourth-order valence-corrected chi connectivity index (χ4v) is 1.23. The highest BCUT2D eigenvalue weighted by molar-refractivity contribution is 5.81. The maximum atomic E-state index is 11.2. The van der Waals surface area contributed by atoms with Crippen molar-refractivity contribution in [2.45, 2.75) is 25.6 Å². The fraction of sp³-hybridized carbons (Fsp3) is 0.625. The lowest BCUT2D eigenvalue weighted by Crippen LogP contribution is -2.36. The number of aliphatic hydroxyl groups is 1. The summed E-state index contributed by atoms with van der Waals surface area (Å²) in [6.07, 6.45) is 3.44. The molecule has 3 atom stereocenters. The van der Waals surface area contributed by atoms with Gasteiger partial charge >= 0.3 is 0 Å². The Kier molecular flexibility index (Phi) is 2.83. The summed E-state index contributed by atoms with van der Waals surface area (Å²) >= 11 is 0. The van der Waals surface area contributed by atoms with E-state index in [1.54, 1.807) is 6.08 Å². The lowest BCUT2D eigenvalue weighted by molar-refractivity contribution is -0.126. The topological polar surface area (TPSA) is 75.3 Å². The number of nitrogens with two attached hydrogens (primary N) is 1. The molecule has 0 saturated heterocycles. The monoisotopic (exact) mass is 170 g/mol. The van der Waals surface area contributed by atoms with Crippen molar-refractivity contribution >= 4 is 5.91 Å². The van der Waals surface area contributed by atoms with Crippen molar-refractivity contribution in [2.75, 3.05) is 0 Å². The zero-order valence-corrected chi connectivity index (χ0v) is 7.03. The summed E-state index contributed by atoms with van der Waals surface area (Å²) in [5, 5.41) is 11.3. The Bertz CT molecular complexity index is 201. The van der Waals surface area contributed by atoms with Crippen LogP contribution in [0.2, 0.25) is 0 Å². The minimum Gasteiger partial charge on any atom is -0.374 e. The molecule has 1 rings (SSSR count). The van der Waals surface area contributed by atoms with Crippen molar-refractivity contribution < 1.29 is 9.90 Å². The molecule has 0 aromatic heterocycles. The van der Waals surface area contributed by atoms with E-state index >= 15 is 0 Å². The molecule has 1 aliphatic carbocycles. The molecule has 0 radical (unpaired) electrons. The molecule has 4 N–H and O–H groups in total. The number of rotatable bonds is 2. The molecule has 12 heavy (non-hydrogen) atoms. The first-order valence-electron chi connectivity index (χ1n) is 4.02. The first kappa shape index (κ1) is 9.22. The van der Waals surface area contributed by atoms with E-state index in [0.717, 1.165) is 0 Å². The number of aliphatic hydroxyl groups excluding tert-OH is 1. The second kappa shape index (κ2) is 3.69. The van der Waals surface area contributed by atoms with Crippen molar-refractivity contribution in [3.63, 3.8) is 0 Å². The van der Waals surface area contributed by atoms with Gasteiger partial charge in [0.1, 0.15) is 6.23 Å². The number of hydrogen-bond acceptors (Lipinski definition) is 3. The van der Waals surface area contributed by atoms with Gasteiger partial charge in [0, 0.05) is 6.04 Å². The molecule has 3 unspecified atom stereocenters. The minimum absolute atomic E-state index is 0.0188. The Morgan fingerprint density at radius 2 is 2.42 bits per heavy atom. The van der Waals surface area contributed by atoms with E-state index in [1.165, 1.54) is 6.92 Å². The number of nitrogens with one attached hydrogen (secondary N) is 1. The van der Waals surface area contributed by atoms with Crippen LogP contribution < -0.4 is 11.1 Å². The average molecular weight is 170 g/mol. The Morgan fingerprint density at radius 3 is 2.83 bits per heavy atom. The van der Waals surface area contributed by atoms with Crippen molar-refractivity contribution in [2.24, 2.45) is 11.7 Å². The Balaban J connectivity index is 2.39. The summed E-state index contributed by atoms with van der Waals surface area (Å²) in [5.41, 5.74) is 5.56. The normalized spacial score (nSPS) is 30.2. The SMILES string of the molecule is CC(O)NC(=O)C1C=CC(N)C1. The second-order valence-corrected chi connectivity index (χ2v) is 3.08. The van der Waals surface area contributed by atoms with E-state index in [4.69, 9.17) is 10.8 Å². The highest BCUT2D eigenvalue weighted by Crippen LogP contribution is 2.16.